The van der Waals surface area contributed by atoms with Crippen molar-refractivity contribution in [3.05, 3.63) is 53.6 Å². The Bertz CT molecular complexity index is 535. The molecule has 0 heterocycles. The van der Waals surface area contributed by atoms with Gasteiger partial charge in [-0.3, -0.25) is 0 Å². The minimum atomic E-state index is 0.539. The van der Waals surface area contributed by atoms with Gasteiger partial charge in [0, 0.05) is 5.69 Å². The Morgan fingerprint density at radius 1 is 1.00 bits per heavy atom. The number of hydrogen-bond acceptors (Lipinski definition) is 3. The summed E-state index contributed by atoms with van der Waals surface area (Å²) in [6.45, 7) is 5.18. The molecule has 0 bridgehead atoms. The van der Waals surface area contributed by atoms with E-state index in [1.54, 1.807) is 0 Å². The highest BCUT2D eigenvalue weighted by Crippen LogP contribution is 2.21. The highest BCUT2D eigenvalue weighted by molar-refractivity contribution is 5.47. The van der Waals surface area contributed by atoms with E-state index in [1.807, 2.05) is 56.3 Å². The van der Waals surface area contributed by atoms with Gasteiger partial charge < -0.3 is 15.2 Å². The van der Waals surface area contributed by atoms with E-state index >= 15 is 0 Å². The summed E-state index contributed by atoms with van der Waals surface area (Å²) in [5, 5.41) is 0. The molecule has 0 unspecified atom stereocenters. The first-order chi connectivity index (χ1) is 9.19. The van der Waals surface area contributed by atoms with Gasteiger partial charge in [-0.1, -0.05) is 12.1 Å². The molecule has 0 spiro atoms. The van der Waals surface area contributed by atoms with Crippen molar-refractivity contribution in [3.8, 4) is 11.5 Å². The lowest BCUT2D eigenvalue weighted by Crippen LogP contribution is -1.98. The minimum absolute atomic E-state index is 0.539. The maximum atomic E-state index is 5.78. The highest BCUT2D eigenvalue weighted by Gasteiger charge is 2.01. The first kappa shape index (κ1) is 13.3. The van der Waals surface area contributed by atoms with Crippen LogP contribution in [0.25, 0.3) is 0 Å². The fourth-order valence-electron chi connectivity index (χ4n) is 1.84. The van der Waals surface area contributed by atoms with Crippen LogP contribution in [-0.2, 0) is 6.61 Å². The Kier molecular flexibility index (Phi) is 4.29. The zero-order chi connectivity index (χ0) is 13.7. The van der Waals surface area contributed by atoms with Crippen LogP contribution in [0.15, 0.2) is 42.5 Å². The summed E-state index contributed by atoms with van der Waals surface area (Å²) in [4.78, 5) is 0. The maximum Gasteiger partial charge on any atom is 0.122 e. The van der Waals surface area contributed by atoms with E-state index in [0.717, 1.165) is 28.3 Å². The zero-order valence-electron chi connectivity index (χ0n) is 11.3. The number of benzene rings is 2. The predicted octanol–water partition coefficient (Wildman–Crippen LogP) is 3.55. The largest absolute Gasteiger partial charge is 0.494 e. The zero-order valence-corrected chi connectivity index (χ0v) is 11.3. The van der Waals surface area contributed by atoms with Crippen molar-refractivity contribution in [2.24, 2.45) is 0 Å². The Morgan fingerprint density at radius 2 is 1.74 bits per heavy atom. The van der Waals surface area contributed by atoms with Crippen LogP contribution in [-0.4, -0.2) is 6.61 Å². The molecule has 0 atom stereocenters. The van der Waals surface area contributed by atoms with Crippen molar-refractivity contribution in [1.82, 2.24) is 0 Å². The summed E-state index contributed by atoms with van der Waals surface area (Å²) in [6.07, 6.45) is 0. The van der Waals surface area contributed by atoms with Crippen LogP contribution >= 0.6 is 0 Å². The molecular formula is C16H19NO2. The second-order valence-electron chi connectivity index (χ2n) is 4.39. The Balaban J connectivity index is 1.98. The van der Waals surface area contributed by atoms with Crippen molar-refractivity contribution in [2.75, 3.05) is 12.3 Å². The standard InChI is InChI=1S/C16H19NO2/c1-3-18-15-7-4-13(5-8-15)11-19-16-9-6-14(17)10-12(16)2/h4-10H,3,11,17H2,1-2H3. The van der Waals surface area contributed by atoms with Gasteiger partial charge in [0.2, 0.25) is 0 Å². The van der Waals surface area contributed by atoms with Crippen LogP contribution in [0.3, 0.4) is 0 Å². The van der Waals surface area contributed by atoms with E-state index in [0.29, 0.717) is 13.2 Å². The topological polar surface area (TPSA) is 44.5 Å². The molecule has 100 valence electrons. The molecule has 3 heteroatoms. The van der Waals surface area contributed by atoms with E-state index in [9.17, 15) is 0 Å². The number of nitrogen functional groups attached to an aromatic ring is 1. The van der Waals surface area contributed by atoms with Crippen LogP contribution in [0.4, 0.5) is 5.69 Å². The third-order valence-electron chi connectivity index (χ3n) is 2.83. The molecule has 2 aromatic carbocycles. The monoisotopic (exact) mass is 257 g/mol. The van der Waals surface area contributed by atoms with Crippen LogP contribution < -0.4 is 15.2 Å². The van der Waals surface area contributed by atoms with Gasteiger partial charge in [-0.05, 0) is 55.3 Å². The predicted molar refractivity (Wildman–Crippen MR) is 77.5 cm³/mol. The van der Waals surface area contributed by atoms with Crippen molar-refractivity contribution < 1.29 is 9.47 Å². The Morgan fingerprint density at radius 3 is 2.37 bits per heavy atom. The SMILES string of the molecule is CCOc1ccc(COc2ccc(N)cc2C)cc1. The number of anilines is 1. The molecular weight excluding hydrogens is 238 g/mol. The molecule has 0 aliphatic carbocycles. The van der Waals surface area contributed by atoms with Gasteiger partial charge in [0.25, 0.3) is 0 Å². The van der Waals surface area contributed by atoms with Gasteiger partial charge in [-0.25, -0.2) is 0 Å². The smallest absolute Gasteiger partial charge is 0.122 e. The summed E-state index contributed by atoms with van der Waals surface area (Å²) in [5.74, 6) is 1.75. The summed E-state index contributed by atoms with van der Waals surface area (Å²) >= 11 is 0. The molecule has 19 heavy (non-hydrogen) atoms. The number of hydrogen-bond donors (Lipinski definition) is 1. The molecule has 3 nitrogen and oxygen atoms in total. The maximum absolute atomic E-state index is 5.78. The quantitative estimate of drug-likeness (QED) is 0.833. The van der Waals surface area contributed by atoms with Crippen LogP contribution in [0, 0.1) is 6.92 Å². The summed E-state index contributed by atoms with van der Waals surface area (Å²) in [6, 6.07) is 13.6. The van der Waals surface area contributed by atoms with E-state index in [-0.39, 0.29) is 0 Å². The lowest BCUT2D eigenvalue weighted by atomic mass is 10.2. The molecule has 2 N–H and O–H groups in total. The first-order valence-electron chi connectivity index (χ1n) is 6.39. The lowest BCUT2D eigenvalue weighted by Gasteiger charge is -2.10. The molecule has 0 radical (unpaired) electrons. The fraction of sp³-hybridized carbons (Fsp3) is 0.250. The molecule has 0 aliphatic heterocycles. The van der Waals surface area contributed by atoms with E-state index < -0.39 is 0 Å². The van der Waals surface area contributed by atoms with Crippen LogP contribution in [0.1, 0.15) is 18.1 Å². The van der Waals surface area contributed by atoms with E-state index in [1.165, 1.54) is 0 Å². The highest BCUT2D eigenvalue weighted by atomic mass is 16.5. The third-order valence-corrected chi connectivity index (χ3v) is 2.83. The molecule has 0 amide bonds. The average molecular weight is 257 g/mol. The van der Waals surface area contributed by atoms with Gasteiger partial charge in [0.1, 0.15) is 18.1 Å². The van der Waals surface area contributed by atoms with Gasteiger partial charge in [0.15, 0.2) is 0 Å². The average Bonchev–Trinajstić information content (AvgIpc) is 2.40. The number of aryl methyl sites for hydroxylation is 1. The number of nitrogens with two attached hydrogens (primary N) is 1. The first-order valence-corrected chi connectivity index (χ1v) is 6.39. The van der Waals surface area contributed by atoms with Gasteiger partial charge in [-0.2, -0.15) is 0 Å². The number of ether oxygens (including phenoxy) is 2. The Hall–Kier alpha value is -2.16. The van der Waals surface area contributed by atoms with Crippen LogP contribution in [0.5, 0.6) is 11.5 Å². The number of rotatable bonds is 5. The lowest BCUT2D eigenvalue weighted by molar-refractivity contribution is 0.303. The molecule has 0 aliphatic rings. The minimum Gasteiger partial charge on any atom is -0.494 e. The summed E-state index contributed by atoms with van der Waals surface area (Å²) < 4.78 is 11.2. The second-order valence-corrected chi connectivity index (χ2v) is 4.39. The second kappa shape index (κ2) is 6.14. The molecule has 2 rings (SSSR count). The molecule has 2 aromatic rings. The molecule has 0 saturated carbocycles. The van der Waals surface area contributed by atoms with Gasteiger partial charge in [-0.15, -0.1) is 0 Å². The molecule has 0 saturated heterocycles. The molecule has 0 aromatic heterocycles. The van der Waals surface area contributed by atoms with E-state index in [2.05, 4.69) is 0 Å². The summed E-state index contributed by atoms with van der Waals surface area (Å²) in [5.41, 5.74) is 8.62. The van der Waals surface area contributed by atoms with Crippen molar-refractivity contribution in [1.29, 1.82) is 0 Å². The van der Waals surface area contributed by atoms with Crippen molar-refractivity contribution in [3.63, 3.8) is 0 Å². The van der Waals surface area contributed by atoms with E-state index in [4.69, 9.17) is 15.2 Å². The van der Waals surface area contributed by atoms with Gasteiger partial charge in [0.05, 0.1) is 6.61 Å². The fourth-order valence-corrected chi connectivity index (χ4v) is 1.84. The van der Waals surface area contributed by atoms with Crippen LogP contribution in [0.2, 0.25) is 0 Å². The van der Waals surface area contributed by atoms with Crippen molar-refractivity contribution >= 4 is 5.69 Å². The third kappa shape index (κ3) is 3.65. The molecule has 0 fully saturated rings. The van der Waals surface area contributed by atoms with Gasteiger partial charge >= 0.3 is 0 Å². The Labute approximate surface area is 114 Å². The van der Waals surface area contributed by atoms with Crippen molar-refractivity contribution in [2.45, 2.75) is 20.5 Å². The normalized spacial score (nSPS) is 10.2. The summed E-state index contributed by atoms with van der Waals surface area (Å²) in [7, 11) is 0.